The molecule has 0 aromatic heterocycles. The summed E-state index contributed by atoms with van der Waals surface area (Å²) in [5, 5.41) is 0. The van der Waals surface area contributed by atoms with Gasteiger partial charge in [-0.3, -0.25) is 0 Å². The summed E-state index contributed by atoms with van der Waals surface area (Å²) in [6.07, 6.45) is 0. The van der Waals surface area contributed by atoms with Gasteiger partial charge in [-0.15, -0.1) is 0 Å². The largest absolute Gasteiger partial charge is 0.497 e. The second-order valence-electron chi connectivity index (χ2n) is 4.37. The Balaban J connectivity index is 1.88. The Morgan fingerprint density at radius 1 is 0.895 bits per heavy atom. The lowest BCUT2D eigenvalue weighted by Gasteiger charge is -2.07. The van der Waals surface area contributed by atoms with Gasteiger partial charge in [0.15, 0.2) is 0 Å². The second-order valence-corrected chi connectivity index (χ2v) is 4.37. The maximum Gasteiger partial charge on any atom is 0.119 e. The highest BCUT2D eigenvalue weighted by Crippen LogP contribution is 2.14. The molecule has 0 atom stereocenters. The number of benzene rings is 2. The van der Waals surface area contributed by atoms with Crippen LogP contribution in [-0.4, -0.2) is 7.11 Å². The molecule has 0 aliphatic rings. The average molecular weight is 257 g/mol. The molecule has 0 saturated heterocycles. The van der Waals surface area contributed by atoms with Crippen molar-refractivity contribution in [2.45, 2.75) is 19.8 Å². The van der Waals surface area contributed by atoms with E-state index in [0.717, 1.165) is 22.4 Å². The summed E-state index contributed by atoms with van der Waals surface area (Å²) in [5.74, 6) is 0.853. The first kappa shape index (κ1) is 13.6. The minimum atomic E-state index is 0.559. The Bertz CT molecular complexity index is 478. The minimum Gasteiger partial charge on any atom is -0.497 e. The molecule has 0 amide bonds. The van der Waals surface area contributed by atoms with Gasteiger partial charge in [0.25, 0.3) is 0 Å². The van der Waals surface area contributed by atoms with Crippen LogP contribution in [0.25, 0.3) is 0 Å². The Morgan fingerprint density at radius 2 is 1.53 bits per heavy atom. The maximum absolute atomic E-state index is 5.71. The first-order chi connectivity index (χ1) is 9.31. The molecule has 0 heterocycles. The molecule has 0 aliphatic carbocycles. The number of hydrogen-bond donors (Lipinski definition) is 1. The van der Waals surface area contributed by atoms with Crippen LogP contribution < -0.4 is 10.5 Å². The van der Waals surface area contributed by atoms with Gasteiger partial charge in [-0.2, -0.15) is 0 Å². The van der Waals surface area contributed by atoms with E-state index in [1.54, 1.807) is 7.11 Å². The molecule has 2 aromatic carbocycles. The lowest BCUT2D eigenvalue weighted by molar-refractivity contribution is 0.107. The summed E-state index contributed by atoms with van der Waals surface area (Å²) < 4.78 is 10.9. The van der Waals surface area contributed by atoms with Gasteiger partial charge in [0.05, 0.1) is 20.3 Å². The summed E-state index contributed by atoms with van der Waals surface area (Å²) >= 11 is 0. The zero-order valence-corrected chi connectivity index (χ0v) is 11.1. The van der Waals surface area contributed by atoms with E-state index in [4.69, 9.17) is 15.2 Å². The van der Waals surface area contributed by atoms with Crippen molar-refractivity contribution in [3.8, 4) is 5.75 Å². The van der Waals surface area contributed by atoms with Gasteiger partial charge in [0.2, 0.25) is 0 Å². The molecule has 2 aromatic rings. The van der Waals surface area contributed by atoms with Gasteiger partial charge in [0.1, 0.15) is 5.75 Å². The summed E-state index contributed by atoms with van der Waals surface area (Å²) in [4.78, 5) is 0. The van der Waals surface area contributed by atoms with Crippen molar-refractivity contribution in [1.29, 1.82) is 0 Å². The van der Waals surface area contributed by atoms with Crippen LogP contribution in [0.4, 0.5) is 0 Å². The number of nitrogens with two attached hydrogens (primary N) is 1. The Hall–Kier alpha value is -1.84. The van der Waals surface area contributed by atoms with Crippen LogP contribution >= 0.6 is 0 Å². The van der Waals surface area contributed by atoms with Gasteiger partial charge < -0.3 is 15.2 Å². The van der Waals surface area contributed by atoms with Crippen LogP contribution in [0.1, 0.15) is 16.7 Å². The van der Waals surface area contributed by atoms with Crippen molar-refractivity contribution < 1.29 is 9.47 Å². The third kappa shape index (κ3) is 4.09. The SMILES string of the molecule is COc1cccc(COCc2cccc(CN)c2)c1. The van der Waals surface area contributed by atoms with Crippen LogP contribution in [0.15, 0.2) is 48.5 Å². The summed E-state index contributed by atoms with van der Waals surface area (Å²) in [6, 6.07) is 16.0. The standard InChI is InChI=1S/C16H19NO2/c1-18-16-7-3-6-15(9-16)12-19-11-14-5-2-4-13(8-14)10-17/h2-9H,10-12,17H2,1H3. The van der Waals surface area contributed by atoms with Gasteiger partial charge in [0, 0.05) is 6.54 Å². The highest BCUT2D eigenvalue weighted by atomic mass is 16.5. The summed E-state index contributed by atoms with van der Waals surface area (Å²) in [5.41, 5.74) is 8.99. The van der Waals surface area contributed by atoms with E-state index >= 15 is 0 Å². The highest BCUT2D eigenvalue weighted by Gasteiger charge is 1.98. The molecular formula is C16H19NO2. The number of hydrogen-bond acceptors (Lipinski definition) is 3. The summed E-state index contributed by atoms with van der Waals surface area (Å²) in [6.45, 7) is 1.72. The average Bonchev–Trinajstić information content (AvgIpc) is 2.48. The Morgan fingerprint density at radius 3 is 2.21 bits per heavy atom. The number of ether oxygens (including phenoxy) is 2. The van der Waals surface area contributed by atoms with Crippen molar-refractivity contribution in [1.82, 2.24) is 0 Å². The third-order valence-corrected chi connectivity index (χ3v) is 2.90. The van der Waals surface area contributed by atoms with Crippen molar-refractivity contribution in [3.63, 3.8) is 0 Å². The zero-order chi connectivity index (χ0) is 13.5. The molecule has 0 fully saturated rings. The lowest BCUT2D eigenvalue weighted by atomic mass is 10.1. The van der Waals surface area contributed by atoms with E-state index in [9.17, 15) is 0 Å². The van der Waals surface area contributed by atoms with Crippen molar-refractivity contribution in [2.75, 3.05) is 7.11 Å². The minimum absolute atomic E-state index is 0.559. The molecule has 2 N–H and O–H groups in total. The normalized spacial score (nSPS) is 10.4. The molecule has 100 valence electrons. The summed E-state index contributed by atoms with van der Waals surface area (Å²) in [7, 11) is 1.66. The molecule has 0 aliphatic heterocycles. The molecule has 0 radical (unpaired) electrons. The topological polar surface area (TPSA) is 44.5 Å². The molecule has 0 unspecified atom stereocenters. The molecule has 2 rings (SSSR count). The fourth-order valence-corrected chi connectivity index (χ4v) is 1.90. The van der Waals surface area contributed by atoms with Crippen molar-refractivity contribution >= 4 is 0 Å². The van der Waals surface area contributed by atoms with Gasteiger partial charge >= 0.3 is 0 Å². The highest BCUT2D eigenvalue weighted by molar-refractivity contribution is 5.28. The Labute approximate surface area is 114 Å². The fraction of sp³-hybridized carbons (Fsp3) is 0.250. The monoisotopic (exact) mass is 257 g/mol. The first-order valence-corrected chi connectivity index (χ1v) is 6.30. The Kier molecular flexibility index (Phi) is 4.95. The third-order valence-electron chi connectivity index (χ3n) is 2.90. The zero-order valence-electron chi connectivity index (χ0n) is 11.1. The molecular weight excluding hydrogens is 238 g/mol. The van der Waals surface area contributed by atoms with Crippen LogP contribution in [0.5, 0.6) is 5.75 Å². The molecule has 19 heavy (non-hydrogen) atoms. The van der Waals surface area contributed by atoms with Crippen molar-refractivity contribution in [2.24, 2.45) is 5.73 Å². The van der Waals surface area contributed by atoms with Gasteiger partial charge in [-0.25, -0.2) is 0 Å². The molecule has 3 nitrogen and oxygen atoms in total. The predicted molar refractivity (Wildman–Crippen MR) is 75.8 cm³/mol. The lowest BCUT2D eigenvalue weighted by Crippen LogP contribution is -1.99. The van der Waals surface area contributed by atoms with Crippen molar-refractivity contribution in [3.05, 3.63) is 65.2 Å². The quantitative estimate of drug-likeness (QED) is 0.865. The van der Waals surface area contributed by atoms with Crippen LogP contribution in [0.2, 0.25) is 0 Å². The van der Waals surface area contributed by atoms with E-state index in [1.807, 2.05) is 42.5 Å². The maximum atomic E-state index is 5.71. The molecule has 0 spiro atoms. The van der Waals surface area contributed by atoms with Crippen LogP contribution in [-0.2, 0) is 24.5 Å². The van der Waals surface area contributed by atoms with Gasteiger partial charge in [-0.05, 0) is 28.8 Å². The van der Waals surface area contributed by atoms with Crippen LogP contribution in [0, 0.1) is 0 Å². The van der Waals surface area contributed by atoms with Crippen LogP contribution in [0.3, 0.4) is 0 Å². The molecule has 0 saturated carbocycles. The van der Waals surface area contributed by atoms with Gasteiger partial charge in [-0.1, -0.05) is 36.4 Å². The number of rotatable bonds is 6. The molecule has 3 heteroatoms. The fourth-order valence-electron chi connectivity index (χ4n) is 1.90. The molecule has 0 bridgehead atoms. The van der Waals surface area contributed by atoms with E-state index in [1.165, 1.54) is 0 Å². The first-order valence-electron chi connectivity index (χ1n) is 6.30. The van der Waals surface area contributed by atoms with E-state index in [0.29, 0.717) is 19.8 Å². The van der Waals surface area contributed by atoms with E-state index in [-0.39, 0.29) is 0 Å². The number of methoxy groups -OCH3 is 1. The smallest absolute Gasteiger partial charge is 0.119 e. The second kappa shape index (κ2) is 6.92. The van der Waals surface area contributed by atoms with E-state index in [2.05, 4.69) is 6.07 Å². The van der Waals surface area contributed by atoms with E-state index < -0.39 is 0 Å². The predicted octanol–water partition coefficient (Wildman–Crippen LogP) is 2.87.